The third-order valence-electron chi connectivity index (χ3n) is 6.01. The van der Waals surface area contributed by atoms with E-state index in [1.54, 1.807) is 36.4 Å². The molecule has 0 spiro atoms. The number of carboxylic acids is 1. The van der Waals surface area contributed by atoms with E-state index in [1.807, 2.05) is 13.8 Å². The van der Waals surface area contributed by atoms with Crippen LogP contribution in [0.5, 0.6) is 0 Å². The van der Waals surface area contributed by atoms with Crippen LogP contribution in [0.1, 0.15) is 63.5 Å². The number of rotatable bonds is 12. The first kappa shape index (κ1) is 31.9. The van der Waals surface area contributed by atoms with Crippen molar-refractivity contribution >= 4 is 52.7 Å². The number of aldehydes is 1. The lowest BCUT2D eigenvalue weighted by atomic mass is 10.1. The number of anilines is 3. The van der Waals surface area contributed by atoms with Gasteiger partial charge >= 0.3 is 5.97 Å². The average Bonchev–Trinajstić information content (AvgIpc) is 3.02. The summed E-state index contributed by atoms with van der Waals surface area (Å²) in [7, 11) is 0. The van der Waals surface area contributed by atoms with Gasteiger partial charge < -0.3 is 32.5 Å². The molecule has 0 saturated heterocycles. The zero-order valence-electron chi connectivity index (χ0n) is 23.7. The molecule has 0 fully saturated rings. The molecule has 0 aliphatic heterocycles. The molecule has 0 unspecified atom stereocenters. The molecule has 2 amide bonds. The smallest absolute Gasteiger partial charge is 0.326 e. The van der Waals surface area contributed by atoms with Crippen molar-refractivity contribution in [2.75, 3.05) is 23.3 Å². The van der Waals surface area contributed by atoms with Crippen molar-refractivity contribution in [3.8, 4) is 0 Å². The van der Waals surface area contributed by atoms with Crippen LogP contribution in [-0.4, -0.2) is 61.7 Å². The largest absolute Gasteiger partial charge is 0.480 e. The Labute approximate surface area is 247 Å². The number of nitrogens with two attached hydrogens (primary N) is 2. The van der Waals surface area contributed by atoms with E-state index in [0.29, 0.717) is 35.4 Å². The fourth-order valence-electron chi connectivity index (χ4n) is 3.91. The fraction of sp³-hybridized carbons (Fsp3) is 0.241. The van der Waals surface area contributed by atoms with Gasteiger partial charge in [0.1, 0.15) is 6.04 Å². The predicted octanol–water partition coefficient (Wildman–Crippen LogP) is 2.43. The summed E-state index contributed by atoms with van der Waals surface area (Å²) in [5.74, 6) is -2.05. The van der Waals surface area contributed by atoms with Gasteiger partial charge in [0.15, 0.2) is 23.3 Å². The van der Waals surface area contributed by atoms with Crippen LogP contribution in [0.25, 0.3) is 11.2 Å². The maximum atomic E-state index is 12.7. The van der Waals surface area contributed by atoms with E-state index in [-0.39, 0.29) is 47.8 Å². The van der Waals surface area contributed by atoms with Crippen molar-refractivity contribution in [1.29, 1.82) is 0 Å². The maximum absolute atomic E-state index is 12.7. The van der Waals surface area contributed by atoms with E-state index in [2.05, 4.69) is 35.9 Å². The molecular formula is C29H33N9O5. The Morgan fingerprint density at radius 3 is 2.40 bits per heavy atom. The number of aliphatic carboxylic acids is 1. The Hall–Kier alpha value is -5.66. The van der Waals surface area contributed by atoms with Crippen LogP contribution in [0.4, 0.5) is 17.5 Å². The van der Waals surface area contributed by atoms with E-state index in [4.69, 9.17) is 11.5 Å². The minimum Gasteiger partial charge on any atom is -0.480 e. The van der Waals surface area contributed by atoms with Crippen molar-refractivity contribution < 1.29 is 24.3 Å². The molecule has 14 heteroatoms. The van der Waals surface area contributed by atoms with Crippen LogP contribution in [0.15, 0.2) is 54.7 Å². The standard InChI is InChI=1S/C27H27N9O5.C2H6/c28-22-21-23(36-27(29)35-22)32-13-18(33-21)12-31-17-9-7-15(8-10-17)24(38)34-20(26(40)41)6-3-11-30-25(39)19-5-2-1-4-16(19)14-37;1-2/h1-2,4-5,7-10,13-14,20,31H,3,6,11-12H2,(H,30,39)(H,34,38)(H,40,41)(H4,28,29,32,35,36);1-2H3/t20-;/m0./s1. The molecule has 2 aromatic heterocycles. The molecule has 0 aliphatic rings. The van der Waals surface area contributed by atoms with Gasteiger partial charge in [-0.25, -0.2) is 14.8 Å². The summed E-state index contributed by atoms with van der Waals surface area (Å²) < 4.78 is 0. The van der Waals surface area contributed by atoms with Crippen LogP contribution < -0.4 is 27.4 Å². The third-order valence-corrected chi connectivity index (χ3v) is 6.01. The van der Waals surface area contributed by atoms with Crippen LogP contribution in [0, 0.1) is 0 Å². The monoisotopic (exact) mass is 587 g/mol. The Balaban J connectivity index is 0.00000248. The van der Waals surface area contributed by atoms with E-state index >= 15 is 0 Å². The molecule has 8 N–H and O–H groups in total. The highest BCUT2D eigenvalue weighted by Crippen LogP contribution is 2.16. The second-order valence-corrected chi connectivity index (χ2v) is 8.90. The lowest BCUT2D eigenvalue weighted by Crippen LogP contribution is -2.41. The summed E-state index contributed by atoms with van der Waals surface area (Å²) in [6, 6.07) is 11.7. The lowest BCUT2D eigenvalue weighted by molar-refractivity contribution is -0.139. The van der Waals surface area contributed by atoms with Gasteiger partial charge in [-0.15, -0.1) is 0 Å². The summed E-state index contributed by atoms with van der Waals surface area (Å²) in [5.41, 5.74) is 14.1. The minimum absolute atomic E-state index is 0.0105. The summed E-state index contributed by atoms with van der Waals surface area (Å²) in [6.07, 6.45) is 2.50. The molecule has 0 radical (unpaired) electrons. The van der Waals surface area contributed by atoms with Crippen molar-refractivity contribution in [3.05, 3.63) is 77.1 Å². The Bertz CT molecular complexity index is 1600. The Morgan fingerprint density at radius 1 is 0.977 bits per heavy atom. The molecule has 1 atom stereocenters. The number of carboxylic acid groups (broad SMARTS) is 1. The highest BCUT2D eigenvalue weighted by molar-refractivity contribution is 6.01. The first-order chi connectivity index (χ1) is 20.7. The van der Waals surface area contributed by atoms with E-state index in [0.717, 1.165) is 0 Å². The number of nitrogens with one attached hydrogen (secondary N) is 3. The van der Waals surface area contributed by atoms with Gasteiger partial charge in [0.25, 0.3) is 11.8 Å². The van der Waals surface area contributed by atoms with Crippen molar-refractivity contribution in [1.82, 2.24) is 30.6 Å². The molecule has 2 heterocycles. The predicted molar refractivity (Wildman–Crippen MR) is 161 cm³/mol. The number of carbonyl (C=O) groups is 4. The summed E-state index contributed by atoms with van der Waals surface area (Å²) in [4.78, 5) is 64.3. The van der Waals surface area contributed by atoms with Gasteiger partial charge in [-0.05, 0) is 43.2 Å². The zero-order valence-corrected chi connectivity index (χ0v) is 23.7. The normalized spacial score (nSPS) is 11.0. The van der Waals surface area contributed by atoms with Crippen LogP contribution in [0.3, 0.4) is 0 Å². The number of nitrogen functional groups attached to an aromatic ring is 2. The number of hydrogen-bond donors (Lipinski definition) is 6. The van der Waals surface area contributed by atoms with Gasteiger partial charge in [-0.3, -0.25) is 14.4 Å². The Morgan fingerprint density at radius 2 is 1.70 bits per heavy atom. The molecule has 4 aromatic rings. The topological polar surface area (TPSA) is 228 Å². The molecule has 4 rings (SSSR count). The molecule has 0 bridgehead atoms. The third kappa shape index (κ3) is 8.66. The van der Waals surface area contributed by atoms with Crippen LogP contribution in [0.2, 0.25) is 0 Å². The Kier molecular flexibility index (Phi) is 11.4. The van der Waals surface area contributed by atoms with Crippen LogP contribution >= 0.6 is 0 Å². The van der Waals surface area contributed by atoms with E-state index in [1.165, 1.54) is 18.3 Å². The molecular weight excluding hydrogens is 554 g/mol. The number of nitrogens with zero attached hydrogens (tertiary/aromatic N) is 4. The molecule has 14 nitrogen and oxygen atoms in total. The first-order valence-corrected chi connectivity index (χ1v) is 13.5. The van der Waals surface area contributed by atoms with E-state index in [9.17, 15) is 24.3 Å². The van der Waals surface area contributed by atoms with Gasteiger partial charge in [0.2, 0.25) is 5.95 Å². The van der Waals surface area contributed by atoms with Gasteiger partial charge in [0, 0.05) is 28.9 Å². The number of amides is 2. The maximum Gasteiger partial charge on any atom is 0.326 e. The zero-order chi connectivity index (χ0) is 31.4. The second kappa shape index (κ2) is 15.4. The second-order valence-electron chi connectivity index (χ2n) is 8.90. The summed E-state index contributed by atoms with van der Waals surface area (Å²) >= 11 is 0. The highest BCUT2D eigenvalue weighted by atomic mass is 16.4. The van der Waals surface area contributed by atoms with Crippen molar-refractivity contribution in [3.63, 3.8) is 0 Å². The summed E-state index contributed by atoms with van der Waals surface area (Å²) in [5, 5.41) is 17.9. The van der Waals surface area contributed by atoms with Crippen molar-refractivity contribution in [2.24, 2.45) is 0 Å². The van der Waals surface area contributed by atoms with Gasteiger partial charge in [0.05, 0.1) is 18.4 Å². The fourth-order valence-corrected chi connectivity index (χ4v) is 3.91. The molecule has 2 aromatic carbocycles. The first-order valence-electron chi connectivity index (χ1n) is 13.5. The average molecular weight is 588 g/mol. The highest BCUT2D eigenvalue weighted by Gasteiger charge is 2.20. The molecule has 43 heavy (non-hydrogen) atoms. The SMILES string of the molecule is CC.Nc1nc(N)c2nc(CNc3ccc(C(=O)N[C@@H](CCCNC(=O)c4ccccc4C=O)C(=O)O)cc3)cnc2n1. The number of aromatic nitrogens is 4. The summed E-state index contributed by atoms with van der Waals surface area (Å²) in [6.45, 7) is 4.47. The number of fused-ring (bicyclic) bond motifs is 1. The van der Waals surface area contributed by atoms with Gasteiger partial charge in [-0.2, -0.15) is 9.97 Å². The molecule has 0 saturated carbocycles. The van der Waals surface area contributed by atoms with E-state index < -0.39 is 23.8 Å². The number of benzene rings is 2. The van der Waals surface area contributed by atoms with Crippen LogP contribution in [-0.2, 0) is 11.3 Å². The number of hydrogen-bond acceptors (Lipinski definition) is 11. The molecule has 0 aliphatic carbocycles. The lowest BCUT2D eigenvalue weighted by Gasteiger charge is -2.15. The quantitative estimate of drug-likeness (QED) is 0.104. The number of carbonyl (C=O) groups excluding carboxylic acids is 3. The van der Waals surface area contributed by atoms with Gasteiger partial charge in [-0.1, -0.05) is 32.0 Å². The molecule has 224 valence electrons. The minimum atomic E-state index is -1.19. The van der Waals surface area contributed by atoms with Crippen molar-refractivity contribution in [2.45, 2.75) is 39.3 Å².